The van der Waals surface area contributed by atoms with E-state index in [1.54, 1.807) is 31.3 Å². The average Bonchev–Trinajstić information content (AvgIpc) is 2.70. The van der Waals surface area contributed by atoms with Gasteiger partial charge in [0.1, 0.15) is 5.75 Å². The van der Waals surface area contributed by atoms with Crippen molar-refractivity contribution in [3.8, 4) is 5.75 Å². The molecule has 0 atom stereocenters. The minimum Gasteiger partial charge on any atom is -0.497 e. The fraction of sp³-hybridized carbons (Fsp3) is 0.300. The minimum atomic E-state index is -4.45. The predicted octanol–water partition coefficient (Wildman–Crippen LogP) is 3.56. The Balaban J connectivity index is 1.93. The predicted molar refractivity (Wildman–Crippen MR) is 98.4 cm³/mol. The molecule has 0 saturated heterocycles. The molecule has 0 aliphatic carbocycles. The molecule has 0 radical (unpaired) electrons. The van der Waals surface area contributed by atoms with Gasteiger partial charge in [0.05, 0.1) is 12.7 Å². The number of hydrogen-bond donors (Lipinski definition) is 0. The van der Waals surface area contributed by atoms with Gasteiger partial charge in [-0.3, -0.25) is 9.59 Å². The average molecular weight is 394 g/mol. The fourth-order valence-electron chi connectivity index (χ4n) is 2.48. The number of carbonyl (C=O) groups excluding carboxylic acids is 2. The van der Waals surface area contributed by atoms with Gasteiger partial charge in [0.2, 0.25) is 0 Å². The number of hydrogen-bond acceptors (Lipinski definition) is 3. The maximum atomic E-state index is 12.6. The highest BCUT2D eigenvalue weighted by Gasteiger charge is 2.30. The lowest BCUT2D eigenvalue weighted by Gasteiger charge is -2.23. The van der Waals surface area contributed by atoms with Crippen molar-refractivity contribution in [2.45, 2.75) is 6.18 Å². The van der Waals surface area contributed by atoms with Crippen LogP contribution in [0.5, 0.6) is 5.75 Å². The maximum Gasteiger partial charge on any atom is 0.416 e. The van der Waals surface area contributed by atoms with Gasteiger partial charge in [0, 0.05) is 38.3 Å². The lowest BCUT2D eigenvalue weighted by atomic mass is 10.1. The van der Waals surface area contributed by atoms with Gasteiger partial charge in [-0.1, -0.05) is 0 Å². The van der Waals surface area contributed by atoms with Crippen molar-refractivity contribution in [1.29, 1.82) is 0 Å². The van der Waals surface area contributed by atoms with Crippen molar-refractivity contribution >= 4 is 11.8 Å². The Hall–Kier alpha value is -3.03. The summed E-state index contributed by atoms with van der Waals surface area (Å²) < 4.78 is 42.9. The SMILES string of the molecule is COc1ccc(C(=O)N(C)CCN(C)C(=O)c2ccc(C(F)(F)F)cc2)cc1. The first-order valence-corrected chi connectivity index (χ1v) is 8.45. The van der Waals surface area contributed by atoms with Crippen LogP contribution in [0.3, 0.4) is 0 Å². The third-order valence-corrected chi connectivity index (χ3v) is 4.26. The summed E-state index contributed by atoms with van der Waals surface area (Å²) in [7, 11) is 4.68. The number of amides is 2. The van der Waals surface area contributed by atoms with Crippen molar-refractivity contribution in [2.24, 2.45) is 0 Å². The second-order valence-electron chi connectivity index (χ2n) is 6.26. The summed E-state index contributed by atoms with van der Waals surface area (Å²) in [5.41, 5.74) is -0.170. The van der Waals surface area contributed by atoms with E-state index in [-0.39, 0.29) is 24.6 Å². The van der Waals surface area contributed by atoms with Crippen LogP contribution in [0.4, 0.5) is 13.2 Å². The number of halogens is 3. The van der Waals surface area contributed by atoms with Crippen LogP contribution in [0.2, 0.25) is 0 Å². The van der Waals surface area contributed by atoms with E-state index in [0.717, 1.165) is 24.3 Å². The number of carbonyl (C=O) groups is 2. The van der Waals surface area contributed by atoms with Gasteiger partial charge >= 0.3 is 6.18 Å². The van der Waals surface area contributed by atoms with Gasteiger partial charge in [0.25, 0.3) is 11.8 Å². The molecule has 0 aliphatic heterocycles. The zero-order valence-electron chi connectivity index (χ0n) is 15.8. The number of nitrogens with zero attached hydrogens (tertiary/aromatic N) is 2. The summed E-state index contributed by atoms with van der Waals surface area (Å²) in [6, 6.07) is 10.7. The zero-order chi connectivity index (χ0) is 20.9. The number of ether oxygens (including phenoxy) is 1. The number of likely N-dealkylation sites (N-methyl/N-ethyl adjacent to an activating group) is 2. The van der Waals surface area contributed by atoms with Crippen molar-refractivity contribution in [1.82, 2.24) is 9.80 Å². The molecule has 0 saturated carbocycles. The highest BCUT2D eigenvalue weighted by Crippen LogP contribution is 2.29. The molecule has 0 spiro atoms. The number of methoxy groups -OCH3 is 1. The third kappa shape index (κ3) is 5.25. The molecule has 0 unspecified atom stereocenters. The van der Waals surface area contributed by atoms with Crippen molar-refractivity contribution in [3.05, 3.63) is 65.2 Å². The van der Waals surface area contributed by atoms with Crippen LogP contribution < -0.4 is 4.74 Å². The molecule has 0 heterocycles. The molecule has 28 heavy (non-hydrogen) atoms. The van der Waals surface area contributed by atoms with Crippen LogP contribution in [0, 0.1) is 0 Å². The molecule has 2 amide bonds. The second-order valence-corrected chi connectivity index (χ2v) is 6.26. The highest BCUT2D eigenvalue weighted by atomic mass is 19.4. The van der Waals surface area contributed by atoms with E-state index in [1.807, 2.05) is 0 Å². The van der Waals surface area contributed by atoms with Crippen LogP contribution in [0.25, 0.3) is 0 Å². The van der Waals surface area contributed by atoms with Crippen LogP contribution in [0.1, 0.15) is 26.3 Å². The van der Waals surface area contributed by atoms with E-state index in [9.17, 15) is 22.8 Å². The lowest BCUT2D eigenvalue weighted by molar-refractivity contribution is -0.137. The third-order valence-electron chi connectivity index (χ3n) is 4.26. The zero-order valence-corrected chi connectivity index (χ0v) is 15.8. The van der Waals surface area contributed by atoms with Gasteiger partial charge in [-0.15, -0.1) is 0 Å². The molecule has 0 bridgehead atoms. The molecule has 0 aliphatic rings. The van der Waals surface area contributed by atoms with E-state index < -0.39 is 17.6 Å². The first-order chi connectivity index (χ1) is 13.1. The van der Waals surface area contributed by atoms with Gasteiger partial charge in [-0.25, -0.2) is 0 Å². The smallest absolute Gasteiger partial charge is 0.416 e. The first kappa shape index (κ1) is 21.3. The molecule has 2 aromatic carbocycles. The van der Waals surface area contributed by atoms with Crippen LogP contribution in [0.15, 0.2) is 48.5 Å². The second kappa shape index (κ2) is 8.77. The minimum absolute atomic E-state index is 0.152. The van der Waals surface area contributed by atoms with Crippen molar-refractivity contribution < 1.29 is 27.5 Å². The monoisotopic (exact) mass is 394 g/mol. The Morgan fingerprint density at radius 2 is 1.21 bits per heavy atom. The number of benzene rings is 2. The van der Waals surface area contributed by atoms with Gasteiger partial charge in [0.15, 0.2) is 0 Å². The molecule has 8 heteroatoms. The molecule has 0 aromatic heterocycles. The fourth-order valence-corrected chi connectivity index (χ4v) is 2.48. The summed E-state index contributed by atoms with van der Waals surface area (Å²) in [6.45, 7) is 0.506. The van der Waals surface area contributed by atoms with Crippen LogP contribution >= 0.6 is 0 Å². The lowest BCUT2D eigenvalue weighted by Crippen LogP contribution is -2.37. The normalized spacial score (nSPS) is 11.1. The van der Waals surface area contributed by atoms with E-state index in [0.29, 0.717) is 11.3 Å². The molecule has 5 nitrogen and oxygen atoms in total. The summed E-state index contributed by atoms with van der Waals surface area (Å²) in [5, 5.41) is 0. The maximum absolute atomic E-state index is 12.6. The summed E-state index contributed by atoms with van der Waals surface area (Å²) >= 11 is 0. The van der Waals surface area contributed by atoms with Crippen LogP contribution in [-0.4, -0.2) is 55.9 Å². The Morgan fingerprint density at radius 3 is 1.57 bits per heavy atom. The van der Waals surface area contributed by atoms with Crippen LogP contribution in [-0.2, 0) is 6.18 Å². The van der Waals surface area contributed by atoms with Gasteiger partial charge in [-0.05, 0) is 48.5 Å². The standard InChI is InChI=1S/C20H21F3N2O3/c1-24(18(26)14-4-8-16(9-5-14)20(21,22)23)12-13-25(2)19(27)15-6-10-17(28-3)11-7-15/h4-11H,12-13H2,1-3H3. The Labute approximate surface area is 161 Å². The quantitative estimate of drug-likeness (QED) is 0.753. The molecular weight excluding hydrogens is 373 g/mol. The van der Waals surface area contributed by atoms with E-state index >= 15 is 0 Å². The summed E-state index contributed by atoms with van der Waals surface area (Å²) in [4.78, 5) is 27.6. The summed E-state index contributed by atoms with van der Waals surface area (Å²) in [5.74, 6) is 0.0122. The van der Waals surface area contributed by atoms with E-state index in [2.05, 4.69) is 0 Å². The molecule has 0 fully saturated rings. The number of alkyl halides is 3. The first-order valence-electron chi connectivity index (χ1n) is 8.45. The Bertz CT molecular complexity index is 818. The van der Waals surface area contributed by atoms with Gasteiger partial charge in [-0.2, -0.15) is 13.2 Å². The molecule has 2 aromatic rings. The highest BCUT2D eigenvalue weighted by molar-refractivity contribution is 5.95. The molecular formula is C20H21F3N2O3. The molecule has 2 rings (SSSR count). The largest absolute Gasteiger partial charge is 0.497 e. The van der Waals surface area contributed by atoms with Gasteiger partial charge < -0.3 is 14.5 Å². The van der Waals surface area contributed by atoms with E-state index in [1.165, 1.54) is 24.0 Å². The van der Waals surface area contributed by atoms with E-state index in [4.69, 9.17) is 4.74 Å². The molecule has 150 valence electrons. The van der Waals surface area contributed by atoms with Crippen molar-refractivity contribution in [3.63, 3.8) is 0 Å². The Morgan fingerprint density at radius 1 is 0.821 bits per heavy atom. The summed E-state index contributed by atoms with van der Waals surface area (Å²) in [6.07, 6.45) is -4.45. The Kier molecular flexibility index (Phi) is 6.66. The number of rotatable bonds is 6. The van der Waals surface area contributed by atoms with Crippen molar-refractivity contribution in [2.75, 3.05) is 34.3 Å². The topological polar surface area (TPSA) is 49.9 Å². The molecule has 0 N–H and O–H groups in total.